The van der Waals surface area contributed by atoms with E-state index >= 15 is 0 Å². The van der Waals surface area contributed by atoms with Crippen LogP contribution in [-0.4, -0.2) is 24.9 Å². The van der Waals surface area contributed by atoms with Gasteiger partial charge in [-0.2, -0.15) is 0 Å². The van der Waals surface area contributed by atoms with E-state index in [-0.39, 0.29) is 24.8 Å². The molecule has 4 nitrogen and oxygen atoms in total. The van der Waals surface area contributed by atoms with E-state index < -0.39 is 0 Å². The van der Waals surface area contributed by atoms with Crippen molar-refractivity contribution in [2.45, 2.75) is 19.8 Å². The van der Waals surface area contributed by atoms with Crippen molar-refractivity contribution in [3.8, 4) is 11.1 Å². The lowest BCUT2D eigenvalue weighted by Gasteiger charge is -2.10. The Balaban J connectivity index is 1.44. The minimum absolute atomic E-state index is 0.206. The number of benzene rings is 3. The number of hydrogen-bond acceptors (Lipinski definition) is 4. The van der Waals surface area contributed by atoms with Gasteiger partial charge in [0.2, 0.25) is 0 Å². The van der Waals surface area contributed by atoms with E-state index in [2.05, 4.69) is 18.3 Å². The molecule has 0 aliphatic heterocycles. The Morgan fingerprint density at radius 2 is 1.48 bits per heavy atom. The van der Waals surface area contributed by atoms with Gasteiger partial charge in [-0.1, -0.05) is 79.7 Å². The number of rotatable bonds is 9. The molecule has 0 unspecified atom stereocenters. The van der Waals surface area contributed by atoms with E-state index in [1.165, 1.54) is 5.56 Å². The van der Waals surface area contributed by atoms with Crippen molar-refractivity contribution >= 4 is 17.4 Å². The fraction of sp³-hybridized carbons (Fsp3) is 0.200. The van der Waals surface area contributed by atoms with Crippen LogP contribution in [0.3, 0.4) is 0 Å². The summed E-state index contributed by atoms with van der Waals surface area (Å²) in [5, 5.41) is 3.25. The number of carbonyl (C=O) groups is 2. The summed E-state index contributed by atoms with van der Waals surface area (Å²) in [7, 11) is 0. The van der Waals surface area contributed by atoms with Crippen LogP contribution in [0.2, 0.25) is 0 Å². The number of ketones is 1. The van der Waals surface area contributed by atoms with E-state index in [1.807, 2.05) is 60.7 Å². The third kappa shape index (κ3) is 5.79. The van der Waals surface area contributed by atoms with Crippen LogP contribution in [0.15, 0.2) is 78.9 Å². The smallest absolute Gasteiger partial charge is 0.308 e. The molecule has 0 saturated heterocycles. The molecular weight excluding hydrogens is 362 g/mol. The largest absolute Gasteiger partial charge is 0.457 e. The highest BCUT2D eigenvalue weighted by Gasteiger charge is 2.10. The van der Waals surface area contributed by atoms with Gasteiger partial charge in [0.25, 0.3) is 0 Å². The minimum atomic E-state index is -0.388. The van der Waals surface area contributed by atoms with E-state index in [1.54, 1.807) is 12.1 Å². The number of Topliss-reactive ketones (excluding diaryl/α,β-unsaturated/α-hetero) is 1. The Kier molecular flexibility index (Phi) is 7.17. The van der Waals surface area contributed by atoms with Crippen LogP contribution >= 0.6 is 0 Å². The predicted octanol–water partition coefficient (Wildman–Crippen LogP) is 5.14. The molecule has 0 atom stereocenters. The summed E-state index contributed by atoms with van der Waals surface area (Å²) in [6, 6.07) is 25.3. The molecule has 0 radical (unpaired) electrons. The van der Waals surface area contributed by atoms with E-state index in [9.17, 15) is 9.59 Å². The molecule has 0 aliphatic rings. The highest BCUT2D eigenvalue weighted by atomic mass is 16.5. The molecule has 29 heavy (non-hydrogen) atoms. The van der Waals surface area contributed by atoms with Crippen molar-refractivity contribution in [2.75, 3.05) is 18.5 Å². The number of aryl methyl sites for hydroxylation is 1. The van der Waals surface area contributed by atoms with Crippen LogP contribution in [0.1, 0.15) is 29.3 Å². The SMILES string of the molecule is CCc1ccccc1NCCC(=O)OCC(=O)c1ccc(-c2ccccc2)cc1. The molecule has 3 aromatic carbocycles. The average molecular weight is 387 g/mol. The van der Waals surface area contributed by atoms with Crippen LogP contribution in [0.4, 0.5) is 5.69 Å². The van der Waals surface area contributed by atoms with Crippen molar-refractivity contribution in [3.05, 3.63) is 90.0 Å². The first-order chi connectivity index (χ1) is 14.2. The molecule has 0 saturated carbocycles. The Labute approximate surface area is 171 Å². The third-order valence-electron chi connectivity index (χ3n) is 4.72. The quantitative estimate of drug-likeness (QED) is 0.408. The lowest BCUT2D eigenvalue weighted by atomic mass is 10.0. The molecule has 0 amide bonds. The highest BCUT2D eigenvalue weighted by molar-refractivity contribution is 5.98. The fourth-order valence-electron chi connectivity index (χ4n) is 3.08. The number of nitrogens with one attached hydrogen (secondary N) is 1. The zero-order valence-corrected chi connectivity index (χ0v) is 16.6. The van der Waals surface area contributed by atoms with E-state index in [0.717, 1.165) is 23.2 Å². The monoisotopic (exact) mass is 387 g/mol. The number of esters is 1. The van der Waals surface area contributed by atoms with Crippen LogP contribution < -0.4 is 5.32 Å². The number of hydrogen-bond donors (Lipinski definition) is 1. The van der Waals surface area contributed by atoms with Crippen LogP contribution in [-0.2, 0) is 16.0 Å². The van der Waals surface area contributed by atoms with Crippen LogP contribution in [0, 0.1) is 0 Å². The summed E-state index contributed by atoms with van der Waals surface area (Å²) in [6.07, 6.45) is 1.13. The zero-order chi connectivity index (χ0) is 20.5. The molecule has 0 aromatic heterocycles. The zero-order valence-electron chi connectivity index (χ0n) is 16.6. The van der Waals surface area contributed by atoms with Gasteiger partial charge in [0.05, 0.1) is 6.42 Å². The van der Waals surface area contributed by atoms with Gasteiger partial charge in [-0.05, 0) is 29.2 Å². The third-order valence-corrected chi connectivity index (χ3v) is 4.72. The van der Waals surface area contributed by atoms with Crippen molar-refractivity contribution < 1.29 is 14.3 Å². The van der Waals surface area contributed by atoms with Crippen molar-refractivity contribution in [2.24, 2.45) is 0 Å². The molecule has 148 valence electrons. The van der Waals surface area contributed by atoms with Crippen LogP contribution in [0.5, 0.6) is 0 Å². The summed E-state index contributed by atoms with van der Waals surface area (Å²) in [4.78, 5) is 24.2. The maximum absolute atomic E-state index is 12.3. The second-order valence-electron chi connectivity index (χ2n) is 6.71. The first-order valence-corrected chi connectivity index (χ1v) is 9.83. The number of para-hydroxylation sites is 1. The van der Waals surface area contributed by atoms with Gasteiger partial charge in [-0.15, -0.1) is 0 Å². The second-order valence-corrected chi connectivity index (χ2v) is 6.71. The van der Waals surface area contributed by atoms with Gasteiger partial charge in [-0.3, -0.25) is 9.59 Å². The predicted molar refractivity (Wildman–Crippen MR) is 116 cm³/mol. The number of anilines is 1. The number of carbonyl (C=O) groups excluding carboxylic acids is 2. The van der Waals surface area contributed by atoms with Crippen molar-refractivity contribution in [1.29, 1.82) is 0 Å². The second kappa shape index (κ2) is 10.2. The van der Waals surface area contributed by atoms with Gasteiger partial charge in [-0.25, -0.2) is 0 Å². The Hall–Kier alpha value is -3.40. The van der Waals surface area contributed by atoms with Gasteiger partial charge in [0.1, 0.15) is 0 Å². The van der Waals surface area contributed by atoms with Gasteiger partial charge in [0.15, 0.2) is 12.4 Å². The van der Waals surface area contributed by atoms with E-state index in [4.69, 9.17) is 4.74 Å². The van der Waals surface area contributed by atoms with Crippen molar-refractivity contribution in [1.82, 2.24) is 0 Å². The summed E-state index contributed by atoms with van der Waals surface area (Å²) in [5.41, 5.74) is 4.90. The van der Waals surface area contributed by atoms with Gasteiger partial charge >= 0.3 is 5.97 Å². The first kappa shape index (κ1) is 20.3. The normalized spacial score (nSPS) is 10.4. The molecule has 0 heterocycles. The van der Waals surface area contributed by atoms with E-state index in [0.29, 0.717) is 12.1 Å². The fourth-order valence-corrected chi connectivity index (χ4v) is 3.08. The molecule has 3 rings (SSSR count). The maximum atomic E-state index is 12.3. The molecule has 3 aromatic rings. The summed E-state index contributed by atoms with van der Waals surface area (Å²) in [5.74, 6) is -0.594. The average Bonchev–Trinajstić information content (AvgIpc) is 2.78. The lowest BCUT2D eigenvalue weighted by Crippen LogP contribution is -2.17. The summed E-state index contributed by atoms with van der Waals surface area (Å²) >= 11 is 0. The standard InChI is InChI=1S/C25H25NO3/c1-2-19-8-6-7-11-23(19)26-17-16-25(28)29-18-24(27)22-14-12-21(13-15-22)20-9-4-3-5-10-20/h3-15,26H,2,16-18H2,1H3. The molecule has 1 N–H and O–H groups in total. The summed E-state index contributed by atoms with van der Waals surface area (Å²) in [6.45, 7) is 2.32. The molecule has 0 bridgehead atoms. The lowest BCUT2D eigenvalue weighted by molar-refractivity contribution is -0.142. The molecule has 0 spiro atoms. The summed E-state index contributed by atoms with van der Waals surface area (Å²) < 4.78 is 5.14. The Morgan fingerprint density at radius 1 is 0.828 bits per heavy atom. The van der Waals surface area contributed by atoms with Gasteiger partial charge < -0.3 is 10.1 Å². The minimum Gasteiger partial charge on any atom is -0.457 e. The van der Waals surface area contributed by atoms with Crippen molar-refractivity contribution in [3.63, 3.8) is 0 Å². The van der Waals surface area contributed by atoms with Crippen LogP contribution in [0.25, 0.3) is 11.1 Å². The number of ether oxygens (including phenoxy) is 1. The molecule has 0 aliphatic carbocycles. The molecule has 4 heteroatoms. The maximum Gasteiger partial charge on any atom is 0.308 e. The highest BCUT2D eigenvalue weighted by Crippen LogP contribution is 2.19. The Bertz CT molecular complexity index is 949. The molecular formula is C25H25NO3. The Morgan fingerprint density at radius 3 is 2.21 bits per heavy atom. The van der Waals surface area contributed by atoms with Gasteiger partial charge in [0, 0.05) is 17.8 Å². The first-order valence-electron chi connectivity index (χ1n) is 9.83. The molecule has 0 fully saturated rings. The topological polar surface area (TPSA) is 55.4 Å².